The van der Waals surface area contributed by atoms with Gasteiger partial charge in [-0.3, -0.25) is 0 Å². The van der Waals surface area contributed by atoms with Crippen molar-refractivity contribution in [2.45, 2.75) is 138 Å². The van der Waals surface area contributed by atoms with E-state index in [1.54, 1.807) is 33.2 Å². The Kier molecular flexibility index (Phi) is 6.27. The topological polar surface area (TPSA) is 0 Å². The fraction of sp³-hybridized carbons (Fsp3) is 0.789. The van der Waals surface area contributed by atoms with Gasteiger partial charge in [-0.05, 0) is 94.0 Å². The van der Waals surface area contributed by atoms with Gasteiger partial charge in [-0.25, -0.2) is 0 Å². The minimum atomic E-state index is 0.119. The first-order valence-corrected chi connectivity index (χ1v) is 15.8. The third-order valence-corrected chi connectivity index (χ3v) is 16.6. The molecule has 0 aromatic heterocycles. The maximum absolute atomic E-state index is 2.73. The summed E-state index contributed by atoms with van der Waals surface area (Å²) in [5, 5.41) is 0. The zero-order chi connectivity index (χ0) is 30.5. The third-order valence-electron chi connectivity index (χ3n) is 16.6. The second kappa shape index (κ2) is 7.89. The Morgan fingerprint density at radius 3 is 0.897 bits per heavy atom. The molecule has 0 amide bonds. The molecule has 0 bridgehead atoms. The molecule has 4 rings (SSSR count). The summed E-state index contributed by atoms with van der Waals surface area (Å²) in [6, 6.07) is 0. The SMILES string of the molecule is CC1=C([B]C2=C(C)C(C)=C3C2C(C)(C)C(C)(C)C(C)(C)C3(C)C)C2C(=C1C)C(C)(C)C(C)(C)C(C)(C)C2(C)C. The van der Waals surface area contributed by atoms with Gasteiger partial charge in [0.2, 0.25) is 0 Å². The molecule has 0 N–H and O–H groups in total. The van der Waals surface area contributed by atoms with Crippen LogP contribution in [0.15, 0.2) is 44.4 Å². The highest BCUT2D eigenvalue weighted by atomic mass is 14.7. The van der Waals surface area contributed by atoms with Crippen molar-refractivity contribution in [2.24, 2.45) is 55.2 Å². The van der Waals surface area contributed by atoms with Gasteiger partial charge in [0.25, 0.3) is 0 Å². The molecular formula is C38H62B. The van der Waals surface area contributed by atoms with E-state index in [0.29, 0.717) is 11.8 Å². The van der Waals surface area contributed by atoms with Gasteiger partial charge >= 0.3 is 0 Å². The molecule has 0 saturated heterocycles. The van der Waals surface area contributed by atoms with Crippen molar-refractivity contribution in [3.05, 3.63) is 44.4 Å². The Balaban J connectivity index is 1.92. The van der Waals surface area contributed by atoms with Gasteiger partial charge in [-0.2, -0.15) is 0 Å². The van der Waals surface area contributed by atoms with Crippen LogP contribution in [0.2, 0.25) is 0 Å². The molecule has 4 aliphatic carbocycles. The molecule has 39 heavy (non-hydrogen) atoms. The molecule has 0 heterocycles. The number of hydrogen-bond donors (Lipinski definition) is 0. The van der Waals surface area contributed by atoms with Crippen LogP contribution in [0.5, 0.6) is 0 Å². The Bertz CT molecular complexity index is 1160. The van der Waals surface area contributed by atoms with Gasteiger partial charge in [0, 0.05) is 0 Å². The zero-order valence-corrected chi connectivity index (χ0v) is 29.7. The van der Waals surface area contributed by atoms with Crippen molar-refractivity contribution in [3.8, 4) is 0 Å². The molecule has 0 aromatic carbocycles. The number of allylic oxidation sites excluding steroid dienone is 8. The highest BCUT2D eigenvalue weighted by molar-refractivity contribution is 6.55. The van der Waals surface area contributed by atoms with E-state index in [9.17, 15) is 0 Å². The molecule has 0 spiro atoms. The standard InChI is InChI=1S/C38H62B/c1-21-23(3)29(27-25(21)31(5,6)35(13,14)37(17,18)33(27,9)10)39-30-24(4)22(2)26-28(30)34(11,12)38(19,20)36(15,16)32(26,7)8/h27-28H,1-20H3. The summed E-state index contributed by atoms with van der Waals surface area (Å²) in [5.74, 6) is 0.897. The summed E-state index contributed by atoms with van der Waals surface area (Å²) >= 11 is 0. The minimum Gasteiger partial charge on any atom is -0.0923 e. The third kappa shape index (κ3) is 3.10. The molecule has 2 unspecified atom stereocenters. The molecule has 0 aliphatic heterocycles. The van der Waals surface area contributed by atoms with Crippen LogP contribution in [0.1, 0.15) is 138 Å². The molecule has 2 saturated carbocycles. The van der Waals surface area contributed by atoms with E-state index in [1.165, 1.54) is 11.1 Å². The number of rotatable bonds is 2. The Morgan fingerprint density at radius 2 is 0.641 bits per heavy atom. The van der Waals surface area contributed by atoms with Gasteiger partial charge in [0.1, 0.15) is 0 Å². The fourth-order valence-corrected chi connectivity index (χ4v) is 10.3. The van der Waals surface area contributed by atoms with Crippen LogP contribution in [-0.4, -0.2) is 7.28 Å². The van der Waals surface area contributed by atoms with Crippen LogP contribution in [0.3, 0.4) is 0 Å². The number of hydrogen-bond acceptors (Lipinski definition) is 0. The van der Waals surface area contributed by atoms with Crippen molar-refractivity contribution in [2.75, 3.05) is 0 Å². The predicted octanol–water partition coefficient (Wildman–Crippen LogP) is 11.4. The molecular weight excluding hydrogens is 467 g/mol. The van der Waals surface area contributed by atoms with E-state index >= 15 is 0 Å². The lowest BCUT2D eigenvalue weighted by Crippen LogP contribution is -2.61. The van der Waals surface area contributed by atoms with Crippen LogP contribution in [-0.2, 0) is 0 Å². The van der Waals surface area contributed by atoms with E-state index in [2.05, 4.69) is 146 Å². The van der Waals surface area contributed by atoms with Gasteiger partial charge < -0.3 is 0 Å². The van der Waals surface area contributed by atoms with Gasteiger partial charge in [0.15, 0.2) is 7.28 Å². The second-order valence-electron chi connectivity index (χ2n) is 18.4. The van der Waals surface area contributed by atoms with Crippen LogP contribution < -0.4 is 0 Å². The molecule has 1 radical (unpaired) electrons. The molecule has 2 fully saturated rings. The first-order valence-electron chi connectivity index (χ1n) is 15.8. The summed E-state index contributed by atoms with van der Waals surface area (Å²) in [7, 11) is 2.73. The lowest BCUT2D eigenvalue weighted by molar-refractivity contribution is -0.131. The first kappa shape index (κ1) is 31.0. The monoisotopic (exact) mass is 529 g/mol. The van der Waals surface area contributed by atoms with Gasteiger partial charge in [-0.1, -0.05) is 144 Å². The van der Waals surface area contributed by atoms with E-state index < -0.39 is 0 Å². The van der Waals surface area contributed by atoms with E-state index in [0.717, 1.165) is 0 Å². The van der Waals surface area contributed by atoms with Crippen molar-refractivity contribution < 1.29 is 0 Å². The average Bonchev–Trinajstić information content (AvgIpc) is 3.18. The molecule has 0 nitrogen and oxygen atoms in total. The first-order chi connectivity index (χ1) is 17.1. The summed E-state index contributed by atoms with van der Waals surface area (Å²) < 4.78 is 0. The van der Waals surface area contributed by atoms with Crippen molar-refractivity contribution >= 4 is 7.28 Å². The van der Waals surface area contributed by atoms with E-state index in [-0.39, 0.29) is 43.3 Å². The smallest absolute Gasteiger partial charge is 0.0923 e. The van der Waals surface area contributed by atoms with Gasteiger partial charge in [0.05, 0.1) is 0 Å². The van der Waals surface area contributed by atoms with Crippen LogP contribution in [0.4, 0.5) is 0 Å². The molecule has 0 aromatic rings. The van der Waals surface area contributed by atoms with Crippen LogP contribution >= 0.6 is 0 Å². The zero-order valence-electron chi connectivity index (χ0n) is 29.7. The maximum atomic E-state index is 2.73. The number of fused-ring (bicyclic) bond motifs is 2. The van der Waals surface area contributed by atoms with Crippen LogP contribution in [0, 0.1) is 55.2 Å². The molecule has 1 heteroatoms. The lowest BCUT2D eigenvalue weighted by Gasteiger charge is -2.68. The normalized spacial score (nSPS) is 34.4. The van der Waals surface area contributed by atoms with Crippen LogP contribution in [0.25, 0.3) is 0 Å². The quantitative estimate of drug-likeness (QED) is 0.312. The van der Waals surface area contributed by atoms with Crippen molar-refractivity contribution in [1.82, 2.24) is 0 Å². The summed E-state index contributed by atoms with van der Waals surface area (Å²) in [6.07, 6.45) is 0. The van der Waals surface area contributed by atoms with E-state index in [1.807, 2.05) is 0 Å². The highest BCUT2D eigenvalue weighted by Crippen LogP contribution is 2.75. The Labute approximate surface area is 244 Å². The lowest BCUT2D eigenvalue weighted by atomic mass is 9.33. The maximum Gasteiger partial charge on any atom is 0.182 e. The Morgan fingerprint density at radius 1 is 0.385 bits per heavy atom. The second-order valence-corrected chi connectivity index (χ2v) is 18.4. The fourth-order valence-electron chi connectivity index (χ4n) is 10.3. The molecule has 2 atom stereocenters. The average molecular weight is 530 g/mol. The van der Waals surface area contributed by atoms with Crippen molar-refractivity contribution in [1.29, 1.82) is 0 Å². The molecule has 217 valence electrons. The predicted molar refractivity (Wildman–Crippen MR) is 174 cm³/mol. The largest absolute Gasteiger partial charge is 0.182 e. The summed E-state index contributed by atoms with van der Waals surface area (Å²) in [5.41, 5.74) is 13.9. The summed E-state index contributed by atoms with van der Waals surface area (Å²) in [4.78, 5) is 0. The van der Waals surface area contributed by atoms with E-state index in [4.69, 9.17) is 0 Å². The highest BCUT2D eigenvalue weighted by Gasteiger charge is 2.68. The minimum absolute atomic E-state index is 0.119. The van der Waals surface area contributed by atoms with Crippen molar-refractivity contribution in [3.63, 3.8) is 0 Å². The summed E-state index contributed by atoms with van der Waals surface area (Å²) in [6.45, 7) is 50.4. The van der Waals surface area contributed by atoms with Gasteiger partial charge in [-0.15, -0.1) is 0 Å². The molecule has 4 aliphatic rings. The Hall–Kier alpha value is -0.975.